The van der Waals surface area contributed by atoms with E-state index in [0.717, 1.165) is 0 Å². The van der Waals surface area contributed by atoms with Gasteiger partial charge in [-0.2, -0.15) is 0 Å². The molecule has 0 N–H and O–H groups in total. The predicted octanol–water partition coefficient (Wildman–Crippen LogP) is 0.383. The molecule has 0 aromatic heterocycles. The van der Waals surface area contributed by atoms with Gasteiger partial charge < -0.3 is 47.3 Å². The van der Waals surface area contributed by atoms with E-state index >= 15 is 0 Å². The summed E-state index contributed by atoms with van der Waals surface area (Å²) >= 11 is 0. The largest absolute Gasteiger partial charge is 0.512 e. The van der Waals surface area contributed by atoms with Crippen LogP contribution in [0.2, 0.25) is 0 Å². The summed E-state index contributed by atoms with van der Waals surface area (Å²) in [7, 11) is 0. The van der Waals surface area contributed by atoms with Crippen molar-refractivity contribution in [3.63, 3.8) is 0 Å². The van der Waals surface area contributed by atoms with Crippen LogP contribution in [0.25, 0.3) is 0 Å². The molecule has 0 bridgehead atoms. The van der Waals surface area contributed by atoms with Crippen LogP contribution in [-0.4, -0.2) is 0 Å². The van der Waals surface area contributed by atoms with Gasteiger partial charge in [0.25, 0.3) is 0 Å². The second-order valence-electron chi connectivity index (χ2n) is 0. The molecule has 0 aliphatic rings. The monoisotopic (exact) mass is 201 g/mol. The van der Waals surface area contributed by atoms with Gasteiger partial charge in [-0.3, -0.25) is 0 Å². The molecule has 0 rings (SSSR count). The molecule has 0 heterocycles. The minimum absolute atomic E-state index is 0. The van der Waals surface area contributed by atoms with Crippen LogP contribution >= 0.6 is 0 Å². The van der Waals surface area contributed by atoms with Crippen molar-refractivity contribution < 1.29 is 20.1 Å². The molecule has 0 aromatic rings. The number of hydrogen-bond donors (Lipinski definition) is 0. The summed E-state index contributed by atoms with van der Waals surface area (Å²) in [5.74, 6) is 0. The summed E-state index contributed by atoms with van der Waals surface area (Å²) in [4.78, 5) is 0. The molecule has 0 unspecified atom stereocenters. The summed E-state index contributed by atoms with van der Waals surface area (Å²) in [5, 5.41) is 25.0. The number of rotatable bonds is 0. The Labute approximate surface area is 67.9 Å². The molecule has 5 heteroatoms. The van der Waals surface area contributed by atoms with E-state index in [-0.39, 0.29) is 20.1 Å². The van der Waals surface area contributed by atoms with E-state index in [9.17, 15) is 0 Å². The standard InChI is InChI=1S/4CN.Tc/c4*1-2;/q4*-1;. The average Bonchev–Trinajstić information content (AvgIpc) is 2.03. The molecular formula is C4N4Tc-4. The zero-order valence-corrected chi connectivity index (χ0v) is 6.02. The molecule has 1 radical (unpaired) electrons. The maximum Gasteiger partial charge on any atom is 0 e. The SMILES string of the molecule is [C-]#N.[C-]#N.[C-]#N.[C-]#N.[Tc]. The van der Waals surface area contributed by atoms with Crippen molar-refractivity contribution in [1.29, 1.82) is 21.0 Å². The zero-order chi connectivity index (χ0) is 8.00. The first-order valence-electron chi connectivity index (χ1n) is 0.894. The van der Waals surface area contributed by atoms with Crippen LogP contribution in [0.5, 0.6) is 0 Å². The Morgan fingerprint density at radius 3 is 0.444 bits per heavy atom. The maximum absolute atomic E-state index is 6.25. The second-order valence-corrected chi connectivity index (χ2v) is 0. The Morgan fingerprint density at radius 1 is 0.444 bits per heavy atom. The zero-order valence-electron chi connectivity index (χ0n) is 4.17. The summed E-state index contributed by atoms with van der Waals surface area (Å²) in [6.45, 7) is 19.0. The minimum atomic E-state index is 0. The Morgan fingerprint density at radius 2 is 0.444 bits per heavy atom. The molecule has 0 aromatic carbocycles. The summed E-state index contributed by atoms with van der Waals surface area (Å²) in [5.41, 5.74) is 0. The van der Waals surface area contributed by atoms with Crippen molar-refractivity contribution in [3.8, 4) is 0 Å². The average molecular weight is 202 g/mol. The topological polar surface area (TPSA) is 95.2 Å². The minimum Gasteiger partial charge on any atom is -0.512 e. The molecule has 0 fully saturated rings. The molecular weight excluding hydrogens is 202 g/mol. The van der Waals surface area contributed by atoms with Gasteiger partial charge in [-0.25, -0.2) is 0 Å². The molecule has 4 nitrogen and oxygen atoms in total. The van der Waals surface area contributed by atoms with Crippen LogP contribution < -0.4 is 0 Å². The Kier molecular flexibility index (Phi) is 583. The third-order valence-corrected chi connectivity index (χ3v) is 0. The van der Waals surface area contributed by atoms with Crippen LogP contribution in [0.3, 0.4) is 0 Å². The predicted molar refractivity (Wildman–Crippen MR) is 19.9 cm³/mol. The van der Waals surface area contributed by atoms with Crippen molar-refractivity contribution in [2.75, 3.05) is 0 Å². The van der Waals surface area contributed by atoms with Crippen molar-refractivity contribution >= 4 is 0 Å². The van der Waals surface area contributed by atoms with Gasteiger partial charge in [0.15, 0.2) is 0 Å². The van der Waals surface area contributed by atoms with E-state index in [0.29, 0.717) is 0 Å². The summed E-state index contributed by atoms with van der Waals surface area (Å²) in [6.07, 6.45) is 0. The van der Waals surface area contributed by atoms with Crippen LogP contribution in [0.1, 0.15) is 0 Å². The Hall–Kier alpha value is -1.39. The van der Waals surface area contributed by atoms with E-state index < -0.39 is 0 Å². The molecule has 0 atom stereocenters. The third-order valence-electron chi connectivity index (χ3n) is 0. The van der Waals surface area contributed by atoms with Gasteiger partial charge in [0, 0.05) is 20.1 Å². The van der Waals surface area contributed by atoms with Crippen LogP contribution in [0.4, 0.5) is 0 Å². The van der Waals surface area contributed by atoms with E-state index in [4.69, 9.17) is 47.3 Å². The van der Waals surface area contributed by atoms with Crippen molar-refractivity contribution in [1.82, 2.24) is 0 Å². The molecule has 0 saturated heterocycles. The molecule has 9 heavy (non-hydrogen) atoms. The first kappa shape index (κ1) is 48.8. The molecule has 0 spiro atoms. The second kappa shape index (κ2) is 108. The van der Waals surface area contributed by atoms with Gasteiger partial charge >= 0.3 is 0 Å². The maximum atomic E-state index is 6.25. The summed E-state index contributed by atoms with van der Waals surface area (Å²) in [6, 6.07) is 0. The fourth-order valence-corrected chi connectivity index (χ4v) is 0. The van der Waals surface area contributed by atoms with Crippen molar-refractivity contribution in [3.05, 3.63) is 26.3 Å². The van der Waals surface area contributed by atoms with Gasteiger partial charge in [0.1, 0.15) is 0 Å². The van der Waals surface area contributed by atoms with Crippen LogP contribution in [-0.2, 0) is 20.1 Å². The quantitative estimate of drug-likeness (QED) is 0.530. The normalized spacial score (nSPS) is 0.889. The first-order valence-corrected chi connectivity index (χ1v) is 0.894. The van der Waals surface area contributed by atoms with Gasteiger partial charge in [-0.1, -0.05) is 0 Å². The Balaban J connectivity index is -0.00000000762. The number of hydrogen-bond acceptors (Lipinski definition) is 4. The van der Waals surface area contributed by atoms with E-state index in [1.54, 1.807) is 0 Å². The van der Waals surface area contributed by atoms with Gasteiger partial charge in [0.05, 0.1) is 0 Å². The van der Waals surface area contributed by atoms with E-state index in [1.807, 2.05) is 0 Å². The van der Waals surface area contributed by atoms with Crippen molar-refractivity contribution in [2.45, 2.75) is 0 Å². The van der Waals surface area contributed by atoms with Crippen LogP contribution in [0.15, 0.2) is 0 Å². The molecule has 0 saturated carbocycles. The summed E-state index contributed by atoms with van der Waals surface area (Å²) < 4.78 is 0. The molecule has 0 amide bonds. The number of nitrogens with zero attached hydrogens (tertiary/aromatic N) is 4. The smallest absolute Gasteiger partial charge is 0 e. The van der Waals surface area contributed by atoms with Gasteiger partial charge in [0.2, 0.25) is 0 Å². The van der Waals surface area contributed by atoms with Crippen molar-refractivity contribution in [2.24, 2.45) is 0 Å². The van der Waals surface area contributed by atoms with Gasteiger partial charge in [-0.05, 0) is 0 Å². The first-order chi connectivity index (χ1) is 4.00. The molecule has 0 aliphatic heterocycles. The van der Waals surface area contributed by atoms with Crippen LogP contribution in [0, 0.1) is 47.3 Å². The Bertz CT molecular complexity index is 55.5. The van der Waals surface area contributed by atoms with E-state index in [2.05, 4.69) is 0 Å². The fourth-order valence-electron chi connectivity index (χ4n) is 0. The molecule has 0 aliphatic carbocycles. The fraction of sp³-hybridized carbons (Fsp3) is 0. The van der Waals surface area contributed by atoms with Gasteiger partial charge in [-0.15, -0.1) is 0 Å². The third kappa shape index (κ3) is 72.6. The molecule has 47 valence electrons. The van der Waals surface area contributed by atoms with E-state index in [1.165, 1.54) is 0 Å².